The number of carbonyl (C=O) groups is 1. The lowest BCUT2D eigenvalue weighted by atomic mass is 10.1. The third-order valence-corrected chi connectivity index (χ3v) is 3.05. The van der Waals surface area contributed by atoms with Crippen molar-refractivity contribution >= 4 is 29.2 Å². The Morgan fingerprint density at radius 2 is 1.78 bits per heavy atom. The highest BCUT2D eigenvalue weighted by Gasteiger charge is 2.05. The lowest BCUT2D eigenvalue weighted by Crippen LogP contribution is -2.37. The summed E-state index contributed by atoms with van der Waals surface area (Å²) in [6, 6.07) is 5.06. The number of hydrogen-bond donors (Lipinski definition) is 3. The zero-order valence-electron chi connectivity index (χ0n) is 9.88. The molecule has 1 aromatic rings. The zero-order valence-corrected chi connectivity index (χ0v) is 11.4. The topological polar surface area (TPSA) is 61.4 Å². The maximum absolute atomic E-state index is 11.3. The van der Waals surface area contributed by atoms with E-state index >= 15 is 0 Å². The number of urea groups is 1. The Hall–Kier alpha value is -0.970. The van der Waals surface area contributed by atoms with Crippen molar-refractivity contribution in [1.29, 1.82) is 0 Å². The van der Waals surface area contributed by atoms with Crippen LogP contribution in [0, 0.1) is 0 Å². The van der Waals surface area contributed by atoms with Crippen LogP contribution in [0.4, 0.5) is 4.79 Å². The van der Waals surface area contributed by atoms with Crippen LogP contribution in [0.3, 0.4) is 0 Å². The highest BCUT2D eigenvalue weighted by molar-refractivity contribution is 6.35. The molecule has 2 amide bonds. The van der Waals surface area contributed by atoms with Crippen molar-refractivity contribution in [2.75, 3.05) is 19.7 Å². The third-order valence-electron chi connectivity index (χ3n) is 2.34. The van der Waals surface area contributed by atoms with Crippen LogP contribution >= 0.6 is 23.2 Å². The van der Waals surface area contributed by atoms with E-state index in [2.05, 4.69) is 10.6 Å². The summed E-state index contributed by atoms with van der Waals surface area (Å²) in [5.74, 6) is 0. The average Bonchev–Trinajstić information content (AvgIpc) is 2.33. The van der Waals surface area contributed by atoms with Gasteiger partial charge in [-0.15, -0.1) is 0 Å². The Bertz CT molecular complexity index is 379. The van der Waals surface area contributed by atoms with Gasteiger partial charge < -0.3 is 15.7 Å². The fourth-order valence-corrected chi connectivity index (χ4v) is 2.00. The molecule has 0 unspecified atom stereocenters. The van der Waals surface area contributed by atoms with E-state index in [0.717, 1.165) is 5.56 Å². The standard InChI is InChI=1S/C12H16Cl2N2O2/c13-10-3-1-4-11(14)9(10)5-7-16-12(18)15-6-2-8-17/h1,3-4,17H,2,5-8H2,(H2,15,16,18). The number of amides is 2. The van der Waals surface area contributed by atoms with Crippen molar-refractivity contribution in [3.8, 4) is 0 Å². The number of hydrogen-bond acceptors (Lipinski definition) is 2. The minimum Gasteiger partial charge on any atom is -0.396 e. The molecule has 0 heterocycles. The van der Waals surface area contributed by atoms with Crippen LogP contribution in [0.5, 0.6) is 0 Å². The van der Waals surface area contributed by atoms with E-state index < -0.39 is 0 Å². The second kappa shape index (κ2) is 8.19. The summed E-state index contributed by atoms with van der Waals surface area (Å²) in [6.45, 7) is 0.971. The Morgan fingerprint density at radius 1 is 1.17 bits per heavy atom. The first kappa shape index (κ1) is 15.1. The molecule has 0 aliphatic rings. The summed E-state index contributed by atoms with van der Waals surface area (Å²) in [7, 11) is 0. The summed E-state index contributed by atoms with van der Waals surface area (Å²) >= 11 is 12.0. The highest BCUT2D eigenvalue weighted by atomic mass is 35.5. The molecule has 0 saturated heterocycles. The van der Waals surface area contributed by atoms with Crippen LogP contribution in [0.15, 0.2) is 18.2 Å². The molecule has 0 radical (unpaired) electrons. The van der Waals surface area contributed by atoms with E-state index in [4.69, 9.17) is 28.3 Å². The summed E-state index contributed by atoms with van der Waals surface area (Å²) in [5, 5.41) is 15.1. The van der Waals surface area contributed by atoms with Gasteiger partial charge in [0.1, 0.15) is 0 Å². The quantitative estimate of drug-likeness (QED) is 0.704. The fourth-order valence-electron chi connectivity index (χ4n) is 1.42. The highest BCUT2D eigenvalue weighted by Crippen LogP contribution is 2.24. The van der Waals surface area contributed by atoms with Crippen LogP contribution in [-0.4, -0.2) is 30.8 Å². The molecule has 0 spiro atoms. The van der Waals surface area contributed by atoms with E-state index in [9.17, 15) is 4.79 Å². The first-order valence-corrected chi connectivity index (χ1v) is 6.46. The number of benzene rings is 1. The number of aliphatic hydroxyl groups excluding tert-OH is 1. The average molecular weight is 291 g/mol. The van der Waals surface area contributed by atoms with E-state index in [1.807, 2.05) is 0 Å². The molecule has 0 aromatic heterocycles. The van der Waals surface area contributed by atoms with Crippen LogP contribution in [0.1, 0.15) is 12.0 Å². The summed E-state index contributed by atoms with van der Waals surface area (Å²) in [4.78, 5) is 11.3. The minimum atomic E-state index is -0.258. The Balaban J connectivity index is 2.31. The molecule has 1 aromatic carbocycles. The first-order valence-electron chi connectivity index (χ1n) is 5.70. The second-order valence-corrected chi connectivity index (χ2v) is 4.52. The van der Waals surface area contributed by atoms with Gasteiger partial charge in [-0.05, 0) is 30.5 Å². The molecule has 6 heteroatoms. The van der Waals surface area contributed by atoms with E-state index in [1.165, 1.54) is 0 Å². The van der Waals surface area contributed by atoms with Gasteiger partial charge >= 0.3 is 6.03 Å². The zero-order chi connectivity index (χ0) is 13.4. The van der Waals surface area contributed by atoms with Crippen molar-refractivity contribution in [3.63, 3.8) is 0 Å². The lowest BCUT2D eigenvalue weighted by molar-refractivity contribution is 0.238. The smallest absolute Gasteiger partial charge is 0.314 e. The predicted molar refractivity (Wildman–Crippen MR) is 73.3 cm³/mol. The molecule has 0 aliphatic heterocycles. The number of rotatable bonds is 6. The van der Waals surface area contributed by atoms with Gasteiger partial charge in [0.25, 0.3) is 0 Å². The van der Waals surface area contributed by atoms with Gasteiger partial charge in [0.15, 0.2) is 0 Å². The van der Waals surface area contributed by atoms with Crippen LogP contribution in [0.25, 0.3) is 0 Å². The molecule has 18 heavy (non-hydrogen) atoms. The summed E-state index contributed by atoms with van der Waals surface area (Å²) in [6.07, 6.45) is 1.12. The first-order chi connectivity index (χ1) is 8.65. The Labute approximate surface area is 116 Å². The van der Waals surface area contributed by atoms with Gasteiger partial charge in [-0.1, -0.05) is 29.3 Å². The monoisotopic (exact) mass is 290 g/mol. The molecule has 0 saturated carbocycles. The van der Waals surface area contributed by atoms with Gasteiger partial charge in [0.2, 0.25) is 0 Å². The van der Waals surface area contributed by atoms with Crippen molar-refractivity contribution < 1.29 is 9.90 Å². The normalized spacial score (nSPS) is 10.2. The summed E-state index contributed by atoms with van der Waals surface area (Å²) < 4.78 is 0. The van der Waals surface area contributed by atoms with Crippen molar-refractivity contribution in [2.45, 2.75) is 12.8 Å². The number of halogens is 2. The molecule has 100 valence electrons. The van der Waals surface area contributed by atoms with Crippen LogP contribution in [-0.2, 0) is 6.42 Å². The van der Waals surface area contributed by atoms with E-state index in [1.54, 1.807) is 18.2 Å². The molecule has 3 N–H and O–H groups in total. The number of nitrogens with one attached hydrogen (secondary N) is 2. The van der Waals surface area contributed by atoms with Gasteiger partial charge in [-0.2, -0.15) is 0 Å². The van der Waals surface area contributed by atoms with Gasteiger partial charge in [-0.25, -0.2) is 4.79 Å². The van der Waals surface area contributed by atoms with Gasteiger partial charge in [0.05, 0.1) is 0 Å². The fraction of sp³-hybridized carbons (Fsp3) is 0.417. The van der Waals surface area contributed by atoms with Gasteiger partial charge in [-0.3, -0.25) is 0 Å². The maximum atomic E-state index is 11.3. The molecular formula is C12H16Cl2N2O2. The molecule has 1 rings (SSSR count). The number of carbonyl (C=O) groups excluding carboxylic acids is 1. The third kappa shape index (κ3) is 5.12. The largest absolute Gasteiger partial charge is 0.396 e. The Morgan fingerprint density at radius 3 is 2.39 bits per heavy atom. The van der Waals surface area contributed by atoms with Crippen molar-refractivity contribution in [1.82, 2.24) is 10.6 Å². The molecule has 0 aliphatic carbocycles. The van der Waals surface area contributed by atoms with E-state index in [-0.39, 0.29) is 12.6 Å². The maximum Gasteiger partial charge on any atom is 0.314 e. The minimum absolute atomic E-state index is 0.0650. The molecule has 0 fully saturated rings. The van der Waals surface area contributed by atoms with Crippen LogP contribution in [0.2, 0.25) is 10.0 Å². The van der Waals surface area contributed by atoms with Crippen LogP contribution < -0.4 is 10.6 Å². The molecular weight excluding hydrogens is 275 g/mol. The summed E-state index contributed by atoms with van der Waals surface area (Å²) in [5.41, 5.74) is 0.830. The Kier molecular flexibility index (Phi) is 6.86. The van der Waals surface area contributed by atoms with Crippen molar-refractivity contribution in [2.24, 2.45) is 0 Å². The van der Waals surface area contributed by atoms with Gasteiger partial charge in [0, 0.05) is 29.7 Å². The molecule has 0 atom stereocenters. The molecule has 4 nitrogen and oxygen atoms in total. The SMILES string of the molecule is O=C(NCCCO)NCCc1c(Cl)cccc1Cl. The lowest BCUT2D eigenvalue weighted by Gasteiger charge is -2.09. The predicted octanol–water partition coefficient (Wildman–Crippen LogP) is 2.22. The van der Waals surface area contributed by atoms with Crippen molar-refractivity contribution in [3.05, 3.63) is 33.8 Å². The molecule has 0 bridgehead atoms. The second-order valence-electron chi connectivity index (χ2n) is 3.71. The van der Waals surface area contributed by atoms with E-state index in [0.29, 0.717) is 36.0 Å². The number of aliphatic hydroxyl groups is 1.